The van der Waals surface area contributed by atoms with Gasteiger partial charge >= 0.3 is 5.97 Å². The lowest BCUT2D eigenvalue weighted by molar-refractivity contribution is -0.147. The molecule has 0 radical (unpaired) electrons. The van der Waals surface area contributed by atoms with Crippen molar-refractivity contribution >= 4 is 17.6 Å². The molecule has 0 bridgehead atoms. The first-order valence-corrected chi connectivity index (χ1v) is 11.7. The van der Waals surface area contributed by atoms with Crippen LogP contribution in [0.4, 0.5) is 0 Å². The Morgan fingerprint density at radius 3 is 2.64 bits per heavy atom. The zero-order valence-corrected chi connectivity index (χ0v) is 19.3. The third kappa shape index (κ3) is 5.57. The topological polar surface area (TPSA) is 79.5 Å². The molecule has 1 aliphatic rings. The van der Waals surface area contributed by atoms with E-state index in [0.29, 0.717) is 24.9 Å². The van der Waals surface area contributed by atoms with E-state index >= 15 is 0 Å². The van der Waals surface area contributed by atoms with Gasteiger partial charge in [-0.2, -0.15) is 0 Å². The van der Waals surface area contributed by atoms with Crippen LogP contribution in [0.5, 0.6) is 0 Å². The molecule has 172 valence electrons. The zero-order chi connectivity index (χ0) is 23.2. The summed E-state index contributed by atoms with van der Waals surface area (Å²) in [6, 6.07) is 16.6. The second-order valence-electron chi connectivity index (χ2n) is 8.66. The lowest BCUT2D eigenvalue weighted by Gasteiger charge is -2.36. The number of allylic oxidation sites excluding steroid dienone is 1. The standard InChI is InChI=1S/C27H31N3O3/c1-3-5-9-22(21-10-7-6-8-11-21)15-25-28-29-26(33-25)24-13-12-19(14-20(24)4-2)16-30-17-23(18-30)27(31)32/h6-8,10-15,23H,3-5,9,16-18H2,1-2H3,(H,31,32)/b22-15+. The molecule has 1 saturated heterocycles. The molecule has 0 amide bonds. The summed E-state index contributed by atoms with van der Waals surface area (Å²) in [5.74, 6) is 0.105. The maximum Gasteiger partial charge on any atom is 0.309 e. The summed E-state index contributed by atoms with van der Waals surface area (Å²) in [7, 11) is 0. The average molecular weight is 446 g/mol. The number of carboxylic acids is 1. The second-order valence-corrected chi connectivity index (χ2v) is 8.66. The highest BCUT2D eigenvalue weighted by Gasteiger charge is 2.32. The molecule has 0 saturated carbocycles. The van der Waals surface area contributed by atoms with Gasteiger partial charge in [-0.15, -0.1) is 10.2 Å². The van der Waals surface area contributed by atoms with E-state index in [1.54, 1.807) is 0 Å². The Balaban J connectivity index is 1.52. The smallest absolute Gasteiger partial charge is 0.309 e. The van der Waals surface area contributed by atoms with E-state index in [9.17, 15) is 4.79 Å². The number of carboxylic acid groups (broad SMARTS) is 1. The monoisotopic (exact) mass is 445 g/mol. The second kappa shape index (κ2) is 10.6. The van der Waals surface area contributed by atoms with Gasteiger partial charge in [-0.05, 0) is 47.6 Å². The van der Waals surface area contributed by atoms with Gasteiger partial charge in [0.25, 0.3) is 0 Å². The van der Waals surface area contributed by atoms with E-state index < -0.39 is 5.97 Å². The number of nitrogens with zero attached hydrogens (tertiary/aromatic N) is 3. The van der Waals surface area contributed by atoms with E-state index in [0.717, 1.165) is 43.4 Å². The molecule has 3 aromatic rings. The number of aromatic nitrogens is 2. The van der Waals surface area contributed by atoms with Crippen molar-refractivity contribution in [1.29, 1.82) is 0 Å². The van der Waals surface area contributed by atoms with Crippen LogP contribution < -0.4 is 0 Å². The van der Waals surface area contributed by atoms with Crippen LogP contribution in [0.3, 0.4) is 0 Å². The molecule has 0 unspecified atom stereocenters. The minimum Gasteiger partial charge on any atom is -0.481 e. The third-order valence-electron chi connectivity index (χ3n) is 6.18. The predicted octanol–water partition coefficient (Wildman–Crippen LogP) is 5.55. The molecule has 1 N–H and O–H groups in total. The highest BCUT2D eigenvalue weighted by molar-refractivity contribution is 5.79. The molecule has 1 aromatic heterocycles. The minimum atomic E-state index is -0.706. The van der Waals surface area contributed by atoms with Crippen LogP contribution in [-0.2, 0) is 17.8 Å². The summed E-state index contributed by atoms with van der Waals surface area (Å²) in [6.45, 7) is 6.28. The maximum atomic E-state index is 11.0. The Morgan fingerprint density at radius 2 is 1.94 bits per heavy atom. The van der Waals surface area contributed by atoms with Crippen molar-refractivity contribution in [2.75, 3.05) is 13.1 Å². The lowest BCUT2D eigenvalue weighted by Crippen LogP contribution is -2.49. The number of likely N-dealkylation sites (tertiary alicyclic amines) is 1. The molecule has 4 rings (SSSR count). The minimum absolute atomic E-state index is 0.238. The third-order valence-corrected chi connectivity index (χ3v) is 6.18. The molecule has 1 fully saturated rings. The van der Waals surface area contributed by atoms with Crippen LogP contribution in [0.25, 0.3) is 23.1 Å². The van der Waals surface area contributed by atoms with Crippen LogP contribution in [0.2, 0.25) is 0 Å². The first kappa shape index (κ1) is 22.9. The molecule has 0 atom stereocenters. The highest BCUT2D eigenvalue weighted by atomic mass is 16.4. The Morgan fingerprint density at radius 1 is 1.15 bits per heavy atom. The molecule has 6 nitrogen and oxygen atoms in total. The van der Waals surface area contributed by atoms with Crippen LogP contribution in [0, 0.1) is 5.92 Å². The number of benzene rings is 2. The fraction of sp³-hybridized carbons (Fsp3) is 0.370. The summed E-state index contributed by atoms with van der Waals surface area (Å²) in [5.41, 5.74) is 5.66. The van der Waals surface area contributed by atoms with Crippen molar-refractivity contribution in [3.8, 4) is 11.5 Å². The first-order valence-electron chi connectivity index (χ1n) is 11.7. The Labute approximate surface area is 195 Å². The van der Waals surface area contributed by atoms with Gasteiger partial charge in [-0.1, -0.05) is 62.7 Å². The van der Waals surface area contributed by atoms with Crippen molar-refractivity contribution in [3.63, 3.8) is 0 Å². The van der Waals surface area contributed by atoms with Gasteiger partial charge in [0, 0.05) is 31.3 Å². The molecule has 6 heteroatoms. The van der Waals surface area contributed by atoms with Gasteiger partial charge in [0.15, 0.2) is 0 Å². The van der Waals surface area contributed by atoms with Crippen molar-refractivity contribution < 1.29 is 14.3 Å². The van der Waals surface area contributed by atoms with Gasteiger partial charge in [-0.3, -0.25) is 9.69 Å². The fourth-order valence-corrected chi connectivity index (χ4v) is 4.23. The quantitative estimate of drug-likeness (QED) is 0.441. The van der Waals surface area contributed by atoms with E-state index in [4.69, 9.17) is 9.52 Å². The molecule has 33 heavy (non-hydrogen) atoms. The molecule has 0 aliphatic carbocycles. The van der Waals surface area contributed by atoms with Crippen molar-refractivity contribution in [1.82, 2.24) is 15.1 Å². The zero-order valence-electron chi connectivity index (χ0n) is 19.3. The number of rotatable bonds is 10. The van der Waals surface area contributed by atoms with Crippen molar-refractivity contribution in [2.24, 2.45) is 5.92 Å². The Kier molecular flexibility index (Phi) is 7.35. The normalized spacial score (nSPS) is 14.9. The Hall–Kier alpha value is -3.25. The van der Waals surface area contributed by atoms with Crippen LogP contribution >= 0.6 is 0 Å². The number of hydrogen-bond acceptors (Lipinski definition) is 5. The molecular weight excluding hydrogens is 414 g/mol. The van der Waals surface area contributed by atoms with Gasteiger partial charge in [0.2, 0.25) is 11.8 Å². The van der Waals surface area contributed by atoms with Crippen molar-refractivity contribution in [2.45, 2.75) is 46.1 Å². The molecular formula is C27H31N3O3. The highest BCUT2D eigenvalue weighted by Crippen LogP contribution is 2.28. The molecule has 0 spiro atoms. The number of aryl methyl sites for hydroxylation is 1. The van der Waals surface area contributed by atoms with Crippen molar-refractivity contribution in [3.05, 3.63) is 71.1 Å². The van der Waals surface area contributed by atoms with Crippen LogP contribution in [-0.4, -0.2) is 39.3 Å². The van der Waals surface area contributed by atoms with Crippen LogP contribution in [0.1, 0.15) is 55.7 Å². The van der Waals surface area contributed by atoms with Crippen LogP contribution in [0.15, 0.2) is 52.9 Å². The van der Waals surface area contributed by atoms with Gasteiger partial charge in [-0.25, -0.2) is 0 Å². The summed E-state index contributed by atoms with van der Waals surface area (Å²) in [4.78, 5) is 13.2. The number of aliphatic carboxylic acids is 1. The summed E-state index contributed by atoms with van der Waals surface area (Å²) in [5, 5.41) is 17.7. The number of carbonyl (C=O) groups is 1. The SMILES string of the molecule is CCCC/C(=C\c1nnc(-c2ccc(CN3CC(C(=O)O)C3)cc2CC)o1)c1ccccc1. The molecule has 2 heterocycles. The summed E-state index contributed by atoms with van der Waals surface area (Å²) >= 11 is 0. The van der Waals surface area contributed by atoms with Gasteiger partial charge in [0.05, 0.1) is 5.92 Å². The largest absolute Gasteiger partial charge is 0.481 e. The maximum absolute atomic E-state index is 11.0. The van der Waals surface area contributed by atoms with Gasteiger partial charge in [0.1, 0.15) is 0 Å². The van der Waals surface area contributed by atoms with E-state index in [-0.39, 0.29) is 5.92 Å². The predicted molar refractivity (Wildman–Crippen MR) is 129 cm³/mol. The number of unbranched alkanes of at least 4 members (excludes halogenated alkanes) is 1. The number of hydrogen-bond donors (Lipinski definition) is 1. The molecule has 1 aliphatic heterocycles. The van der Waals surface area contributed by atoms with Gasteiger partial charge < -0.3 is 9.52 Å². The van der Waals surface area contributed by atoms with E-state index in [1.165, 1.54) is 16.7 Å². The average Bonchev–Trinajstić information content (AvgIpc) is 3.27. The van der Waals surface area contributed by atoms with E-state index in [1.807, 2.05) is 30.3 Å². The molecule has 2 aromatic carbocycles. The fourth-order valence-electron chi connectivity index (χ4n) is 4.23. The van der Waals surface area contributed by atoms with E-state index in [2.05, 4.69) is 53.2 Å². The lowest BCUT2D eigenvalue weighted by atomic mass is 9.97. The summed E-state index contributed by atoms with van der Waals surface area (Å²) < 4.78 is 6.06. The summed E-state index contributed by atoms with van der Waals surface area (Å²) in [6.07, 6.45) is 6.05. The first-order chi connectivity index (χ1) is 16.1. The Bertz CT molecular complexity index is 1110.